The predicted octanol–water partition coefficient (Wildman–Crippen LogP) is 4.75. The van der Waals surface area contributed by atoms with Crippen LogP contribution < -0.4 is 4.90 Å². The number of aryl methyl sites for hydroxylation is 1. The number of hydrogen-bond donors (Lipinski definition) is 0. The summed E-state index contributed by atoms with van der Waals surface area (Å²) in [4.78, 5) is 33.4. The van der Waals surface area contributed by atoms with Crippen LogP contribution in [-0.4, -0.2) is 59.0 Å². The first-order valence-electron chi connectivity index (χ1n) is 12.7. The molecule has 1 aromatic carbocycles. The summed E-state index contributed by atoms with van der Waals surface area (Å²) in [7, 11) is 2.18. The van der Waals surface area contributed by atoms with Crippen LogP contribution in [0.25, 0.3) is 0 Å². The Bertz CT molecular complexity index is 1030. The number of para-hydroxylation sites is 1. The molecule has 7 nitrogen and oxygen atoms in total. The van der Waals surface area contributed by atoms with Gasteiger partial charge in [0.25, 0.3) is 5.91 Å². The predicted molar refractivity (Wildman–Crippen MR) is 133 cm³/mol. The zero-order valence-corrected chi connectivity index (χ0v) is 21.2. The molecule has 2 aromatic rings. The van der Waals surface area contributed by atoms with E-state index in [4.69, 9.17) is 4.52 Å². The fourth-order valence-electron chi connectivity index (χ4n) is 5.50. The Morgan fingerprint density at radius 1 is 1.15 bits per heavy atom. The van der Waals surface area contributed by atoms with Gasteiger partial charge in [-0.1, -0.05) is 50.5 Å². The molecular formula is C27H38N4O3. The van der Waals surface area contributed by atoms with Gasteiger partial charge in [-0.05, 0) is 50.8 Å². The second-order valence-electron chi connectivity index (χ2n) is 10.1. The van der Waals surface area contributed by atoms with Crippen molar-refractivity contribution in [2.45, 2.75) is 84.3 Å². The average Bonchev–Trinajstić information content (AvgIpc) is 3.22. The van der Waals surface area contributed by atoms with E-state index in [0.29, 0.717) is 49.1 Å². The lowest BCUT2D eigenvalue weighted by molar-refractivity contribution is -0.118. The van der Waals surface area contributed by atoms with Crippen molar-refractivity contribution in [3.05, 3.63) is 46.8 Å². The lowest BCUT2D eigenvalue weighted by atomic mass is 9.93. The molecule has 2 bridgehead atoms. The lowest BCUT2D eigenvalue weighted by Crippen LogP contribution is -2.50. The van der Waals surface area contributed by atoms with Gasteiger partial charge in [-0.2, -0.15) is 0 Å². The summed E-state index contributed by atoms with van der Waals surface area (Å²) in [6.45, 7) is 9.58. The zero-order chi connectivity index (χ0) is 24.4. The van der Waals surface area contributed by atoms with Crippen molar-refractivity contribution in [2.75, 3.05) is 25.0 Å². The van der Waals surface area contributed by atoms with Crippen LogP contribution in [0.3, 0.4) is 0 Å². The Labute approximate surface area is 203 Å². The van der Waals surface area contributed by atoms with Gasteiger partial charge in [0.05, 0.1) is 5.69 Å². The summed E-state index contributed by atoms with van der Waals surface area (Å²) < 4.78 is 5.46. The smallest absolute Gasteiger partial charge is 0.259 e. The molecule has 34 heavy (non-hydrogen) atoms. The maximum absolute atomic E-state index is 14.0. The van der Waals surface area contributed by atoms with E-state index >= 15 is 0 Å². The van der Waals surface area contributed by atoms with Gasteiger partial charge in [0.1, 0.15) is 11.3 Å². The summed E-state index contributed by atoms with van der Waals surface area (Å²) in [6.07, 6.45) is 4.72. The highest BCUT2D eigenvalue weighted by Crippen LogP contribution is 2.31. The highest BCUT2D eigenvalue weighted by atomic mass is 16.5. The molecule has 2 atom stereocenters. The van der Waals surface area contributed by atoms with Crippen molar-refractivity contribution in [2.24, 2.45) is 0 Å². The number of anilines is 1. The number of aromatic nitrogens is 1. The van der Waals surface area contributed by atoms with Crippen molar-refractivity contribution in [1.82, 2.24) is 15.0 Å². The minimum absolute atomic E-state index is 0.0413. The number of amides is 2. The van der Waals surface area contributed by atoms with Crippen LogP contribution in [0.4, 0.5) is 5.69 Å². The van der Waals surface area contributed by atoms with E-state index < -0.39 is 0 Å². The molecular weight excluding hydrogens is 428 g/mol. The van der Waals surface area contributed by atoms with Gasteiger partial charge < -0.3 is 14.3 Å². The van der Waals surface area contributed by atoms with Gasteiger partial charge in [0, 0.05) is 43.8 Å². The molecule has 2 amide bonds. The first kappa shape index (κ1) is 24.5. The highest BCUT2D eigenvalue weighted by molar-refractivity contribution is 5.97. The fraction of sp³-hybridized carbons (Fsp3) is 0.593. The first-order valence-corrected chi connectivity index (χ1v) is 12.7. The number of likely N-dealkylation sites (N-methyl/N-ethyl adjacent to an activating group) is 1. The van der Waals surface area contributed by atoms with Gasteiger partial charge in [0.2, 0.25) is 5.91 Å². The Kier molecular flexibility index (Phi) is 7.41. The van der Waals surface area contributed by atoms with Crippen molar-refractivity contribution in [3.63, 3.8) is 0 Å². The van der Waals surface area contributed by atoms with E-state index in [9.17, 15) is 9.59 Å². The quantitative estimate of drug-likeness (QED) is 0.653. The van der Waals surface area contributed by atoms with Crippen molar-refractivity contribution >= 4 is 17.5 Å². The van der Waals surface area contributed by atoms with Crippen LogP contribution >= 0.6 is 0 Å². The van der Waals surface area contributed by atoms with Crippen molar-refractivity contribution in [1.29, 1.82) is 0 Å². The number of fused-ring (bicyclic) bond motifs is 3. The Morgan fingerprint density at radius 2 is 1.88 bits per heavy atom. The molecule has 184 valence electrons. The minimum Gasteiger partial charge on any atom is -0.361 e. The minimum atomic E-state index is -0.0413. The van der Waals surface area contributed by atoms with Crippen LogP contribution in [0.2, 0.25) is 0 Å². The molecule has 0 N–H and O–H groups in total. The molecule has 1 fully saturated rings. The average molecular weight is 467 g/mol. The molecule has 0 aliphatic carbocycles. The summed E-state index contributed by atoms with van der Waals surface area (Å²) in [5.74, 6) is 0.734. The van der Waals surface area contributed by atoms with Crippen molar-refractivity contribution in [3.8, 4) is 0 Å². The van der Waals surface area contributed by atoms with Crippen LogP contribution in [0.1, 0.15) is 86.2 Å². The fourth-order valence-corrected chi connectivity index (χ4v) is 5.50. The third-order valence-electron chi connectivity index (χ3n) is 7.53. The van der Waals surface area contributed by atoms with Crippen LogP contribution in [0, 0.1) is 6.92 Å². The maximum Gasteiger partial charge on any atom is 0.259 e. The molecule has 3 heterocycles. The monoisotopic (exact) mass is 466 g/mol. The first-order chi connectivity index (χ1) is 16.3. The van der Waals surface area contributed by atoms with E-state index in [1.807, 2.05) is 61.8 Å². The second kappa shape index (κ2) is 10.3. The SMILES string of the molecule is CCC(=O)N1CCC2CCCC(CN(C(=O)c3c(C(C)C)noc3C)Cc3ccccc31)N2C. The van der Waals surface area contributed by atoms with E-state index in [2.05, 4.69) is 17.1 Å². The van der Waals surface area contributed by atoms with Crippen LogP contribution in [-0.2, 0) is 11.3 Å². The molecule has 2 aliphatic rings. The molecule has 0 saturated carbocycles. The number of carbonyl (C=O) groups is 2. The van der Waals surface area contributed by atoms with Crippen LogP contribution in [0.5, 0.6) is 0 Å². The standard InChI is InChI=1S/C27H38N4O3/c1-6-24(32)31-15-14-21-11-9-12-22(29(21)5)17-30(16-20-10-7-8-13-23(20)31)27(33)25-19(4)34-28-26(25)18(2)3/h7-8,10,13,18,21-22H,6,9,11-12,14-17H2,1-5H3. The molecule has 2 unspecified atom stereocenters. The van der Waals surface area contributed by atoms with Crippen molar-refractivity contribution < 1.29 is 14.1 Å². The number of rotatable bonds is 3. The normalized spacial score (nSPS) is 21.8. The topological polar surface area (TPSA) is 69.9 Å². The third kappa shape index (κ3) is 4.76. The van der Waals surface area contributed by atoms with Gasteiger partial charge in [0.15, 0.2) is 0 Å². The third-order valence-corrected chi connectivity index (χ3v) is 7.53. The van der Waals surface area contributed by atoms with E-state index in [1.165, 1.54) is 0 Å². The number of benzene rings is 1. The second-order valence-corrected chi connectivity index (χ2v) is 10.1. The lowest BCUT2D eigenvalue weighted by Gasteiger charge is -2.41. The number of carbonyl (C=O) groups excluding carboxylic acids is 2. The van der Waals surface area contributed by atoms with Gasteiger partial charge in [-0.25, -0.2) is 0 Å². The van der Waals surface area contributed by atoms with E-state index in [0.717, 1.165) is 36.9 Å². The van der Waals surface area contributed by atoms with Gasteiger partial charge >= 0.3 is 0 Å². The Balaban J connectivity index is 1.79. The summed E-state index contributed by atoms with van der Waals surface area (Å²) in [5.41, 5.74) is 3.20. The number of nitrogens with zero attached hydrogens (tertiary/aromatic N) is 4. The largest absolute Gasteiger partial charge is 0.361 e. The molecule has 0 radical (unpaired) electrons. The Hall–Kier alpha value is -2.67. The molecule has 2 aliphatic heterocycles. The molecule has 1 saturated heterocycles. The van der Waals surface area contributed by atoms with E-state index in [-0.39, 0.29) is 23.8 Å². The van der Waals surface area contributed by atoms with Gasteiger partial charge in [-0.3, -0.25) is 14.5 Å². The summed E-state index contributed by atoms with van der Waals surface area (Å²) in [6, 6.07) is 8.71. The summed E-state index contributed by atoms with van der Waals surface area (Å²) >= 11 is 0. The van der Waals surface area contributed by atoms with E-state index in [1.54, 1.807) is 0 Å². The summed E-state index contributed by atoms with van der Waals surface area (Å²) in [5, 5.41) is 4.20. The maximum atomic E-state index is 14.0. The number of piperidine rings is 1. The number of hydrogen-bond acceptors (Lipinski definition) is 5. The highest BCUT2D eigenvalue weighted by Gasteiger charge is 2.34. The Morgan fingerprint density at radius 3 is 2.62 bits per heavy atom. The molecule has 1 aromatic heterocycles. The molecule has 7 heteroatoms. The molecule has 0 spiro atoms. The van der Waals surface area contributed by atoms with Gasteiger partial charge in [-0.15, -0.1) is 0 Å². The zero-order valence-electron chi connectivity index (χ0n) is 21.2. The molecule has 4 rings (SSSR count). The van der Waals surface area contributed by atoms with Crippen LogP contribution in [0.15, 0.2) is 28.8 Å².